The van der Waals surface area contributed by atoms with E-state index in [-0.39, 0.29) is 0 Å². The van der Waals surface area contributed by atoms with E-state index in [0.29, 0.717) is 0 Å². The topological polar surface area (TPSA) is 21.3 Å². The van der Waals surface area contributed by atoms with Crippen LogP contribution in [0.1, 0.15) is 16.7 Å². The molecule has 0 fully saturated rings. The summed E-state index contributed by atoms with van der Waals surface area (Å²) in [6.45, 7) is 5.09. The van der Waals surface area contributed by atoms with E-state index in [4.69, 9.17) is 4.74 Å². The molecule has 2 nitrogen and oxygen atoms in total. The fourth-order valence-corrected chi connectivity index (χ4v) is 2.56. The molecule has 0 aliphatic heterocycles. The summed E-state index contributed by atoms with van der Waals surface area (Å²) in [5.41, 5.74) is 5.01. The summed E-state index contributed by atoms with van der Waals surface area (Å²) in [4.78, 5) is 0. The molecule has 100 valence electrons. The molecule has 0 aliphatic carbocycles. The molecular weight excluding hydrogens is 302 g/mol. The molecule has 1 N–H and O–H groups in total. The summed E-state index contributed by atoms with van der Waals surface area (Å²) in [5.74, 6) is 0.845. The van der Waals surface area contributed by atoms with Gasteiger partial charge in [0.1, 0.15) is 5.75 Å². The van der Waals surface area contributed by atoms with Gasteiger partial charge >= 0.3 is 0 Å². The highest BCUT2D eigenvalue weighted by Gasteiger charge is 2.02. The molecule has 0 heterocycles. The summed E-state index contributed by atoms with van der Waals surface area (Å²) in [6, 6.07) is 12.5. The van der Waals surface area contributed by atoms with Gasteiger partial charge in [0.25, 0.3) is 0 Å². The predicted octanol–water partition coefficient (Wildman–Crippen LogP) is 4.69. The van der Waals surface area contributed by atoms with Gasteiger partial charge in [0.15, 0.2) is 0 Å². The molecule has 0 saturated carbocycles. The Bertz CT molecular complexity index is 581. The van der Waals surface area contributed by atoms with E-state index in [1.807, 2.05) is 18.2 Å². The zero-order chi connectivity index (χ0) is 13.8. The van der Waals surface area contributed by atoms with Gasteiger partial charge in [-0.1, -0.05) is 23.8 Å². The third kappa shape index (κ3) is 3.51. The predicted molar refractivity (Wildman–Crippen MR) is 83.9 cm³/mol. The molecule has 0 unspecified atom stereocenters. The van der Waals surface area contributed by atoms with E-state index in [2.05, 4.69) is 53.3 Å². The van der Waals surface area contributed by atoms with Crippen molar-refractivity contribution in [3.05, 3.63) is 57.6 Å². The third-order valence-corrected chi connectivity index (χ3v) is 3.75. The first-order valence-corrected chi connectivity index (χ1v) is 7.03. The van der Waals surface area contributed by atoms with Crippen LogP contribution >= 0.6 is 15.9 Å². The number of hydrogen-bond donors (Lipinski definition) is 1. The molecule has 0 spiro atoms. The lowest BCUT2D eigenvalue weighted by molar-refractivity contribution is 0.412. The van der Waals surface area contributed by atoms with E-state index in [1.165, 1.54) is 16.7 Å². The summed E-state index contributed by atoms with van der Waals surface area (Å²) < 4.78 is 6.18. The van der Waals surface area contributed by atoms with Gasteiger partial charge in [0.05, 0.1) is 11.6 Å². The molecule has 2 aromatic rings. The molecule has 2 aromatic carbocycles. The van der Waals surface area contributed by atoms with Crippen LogP contribution in [-0.2, 0) is 6.54 Å². The Morgan fingerprint density at radius 1 is 1.11 bits per heavy atom. The van der Waals surface area contributed by atoms with Gasteiger partial charge in [0.2, 0.25) is 0 Å². The largest absolute Gasteiger partial charge is 0.496 e. The number of ether oxygens (including phenoxy) is 1. The first kappa shape index (κ1) is 13.9. The molecule has 0 amide bonds. The Balaban J connectivity index is 2.08. The molecule has 19 heavy (non-hydrogen) atoms. The van der Waals surface area contributed by atoms with Crippen LogP contribution in [0.3, 0.4) is 0 Å². The molecule has 3 heteroatoms. The molecule has 2 rings (SSSR count). The van der Waals surface area contributed by atoms with Crippen LogP contribution in [0.25, 0.3) is 0 Å². The Labute approximate surface area is 122 Å². The Hall–Kier alpha value is -1.48. The maximum atomic E-state index is 5.22. The smallest absolute Gasteiger partial charge is 0.133 e. The number of rotatable bonds is 4. The minimum atomic E-state index is 0.824. The average Bonchev–Trinajstić information content (AvgIpc) is 2.38. The molecule has 0 bridgehead atoms. The zero-order valence-corrected chi connectivity index (χ0v) is 13.0. The number of hydrogen-bond acceptors (Lipinski definition) is 2. The first-order chi connectivity index (χ1) is 9.10. The Morgan fingerprint density at radius 2 is 1.89 bits per heavy atom. The standard InChI is InChI=1S/C16H18BrNO/c1-11-4-5-13(12(2)8-11)10-18-14-6-7-16(19-3)15(17)9-14/h4-9,18H,10H2,1-3H3. The van der Waals surface area contributed by atoms with Crippen molar-refractivity contribution in [3.8, 4) is 5.75 Å². The molecule has 0 radical (unpaired) electrons. The third-order valence-electron chi connectivity index (χ3n) is 3.13. The van der Waals surface area contributed by atoms with Gasteiger partial charge < -0.3 is 10.1 Å². The highest BCUT2D eigenvalue weighted by molar-refractivity contribution is 9.10. The van der Waals surface area contributed by atoms with Crippen LogP contribution in [0.5, 0.6) is 5.75 Å². The van der Waals surface area contributed by atoms with Crippen LogP contribution in [0, 0.1) is 13.8 Å². The van der Waals surface area contributed by atoms with Gasteiger partial charge in [-0.25, -0.2) is 0 Å². The van der Waals surface area contributed by atoms with Crippen molar-refractivity contribution < 1.29 is 4.74 Å². The van der Waals surface area contributed by atoms with Crippen molar-refractivity contribution >= 4 is 21.6 Å². The van der Waals surface area contributed by atoms with Crippen LogP contribution in [-0.4, -0.2) is 7.11 Å². The Kier molecular flexibility index (Phi) is 4.48. The van der Waals surface area contributed by atoms with Crippen molar-refractivity contribution in [2.75, 3.05) is 12.4 Å². The number of benzene rings is 2. The molecule has 0 aromatic heterocycles. The van der Waals surface area contributed by atoms with Gasteiger partial charge in [-0.15, -0.1) is 0 Å². The summed E-state index contributed by atoms with van der Waals surface area (Å²) in [7, 11) is 1.67. The lowest BCUT2D eigenvalue weighted by Gasteiger charge is -2.11. The van der Waals surface area contributed by atoms with Crippen molar-refractivity contribution in [2.24, 2.45) is 0 Å². The number of methoxy groups -OCH3 is 1. The minimum Gasteiger partial charge on any atom is -0.496 e. The lowest BCUT2D eigenvalue weighted by Crippen LogP contribution is -2.01. The van der Waals surface area contributed by atoms with Crippen molar-refractivity contribution in [2.45, 2.75) is 20.4 Å². The quantitative estimate of drug-likeness (QED) is 0.883. The van der Waals surface area contributed by atoms with E-state index in [1.54, 1.807) is 7.11 Å². The second kappa shape index (κ2) is 6.11. The van der Waals surface area contributed by atoms with Crippen molar-refractivity contribution in [1.29, 1.82) is 0 Å². The van der Waals surface area contributed by atoms with E-state index >= 15 is 0 Å². The lowest BCUT2D eigenvalue weighted by atomic mass is 10.1. The fraction of sp³-hybridized carbons (Fsp3) is 0.250. The number of halogens is 1. The molecule has 0 saturated heterocycles. The summed E-state index contributed by atoms with van der Waals surface area (Å²) in [5, 5.41) is 3.43. The highest BCUT2D eigenvalue weighted by atomic mass is 79.9. The summed E-state index contributed by atoms with van der Waals surface area (Å²) in [6.07, 6.45) is 0. The monoisotopic (exact) mass is 319 g/mol. The van der Waals surface area contributed by atoms with E-state index in [0.717, 1.165) is 22.5 Å². The maximum absolute atomic E-state index is 5.22. The zero-order valence-electron chi connectivity index (χ0n) is 11.5. The molecule has 0 atom stereocenters. The van der Waals surface area contributed by atoms with Crippen molar-refractivity contribution in [1.82, 2.24) is 0 Å². The second-order valence-electron chi connectivity index (χ2n) is 4.63. The van der Waals surface area contributed by atoms with Crippen LogP contribution in [0.2, 0.25) is 0 Å². The fourth-order valence-electron chi connectivity index (χ4n) is 2.02. The molecular formula is C16H18BrNO. The van der Waals surface area contributed by atoms with Gasteiger partial charge in [-0.3, -0.25) is 0 Å². The van der Waals surface area contributed by atoms with Crippen molar-refractivity contribution in [3.63, 3.8) is 0 Å². The number of aryl methyl sites for hydroxylation is 2. The molecule has 0 aliphatic rings. The number of nitrogens with one attached hydrogen (secondary N) is 1. The van der Waals surface area contributed by atoms with Gasteiger partial charge in [-0.2, -0.15) is 0 Å². The normalized spacial score (nSPS) is 10.3. The summed E-state index contributed by atoms with van der Waals surface area (Å²) >= 11 is 3.49. The van der Waals surface area contributed by atoms with Gasteiger partial charge in [0, 0.05) is 12.2 Å². The first-order valence-electron chi connectivity index (χ1n) is 6.23. The Morgan fingerprint density at radius 3 is 2.53 bits per heavy atom. The van der Waals surface area contributed by atoms with Crippen LogP contribution in [0.15, 0.2) is 40.9 Å². The van der Waals surface area contributed by atoms with Crippen LogP contribution < -0.4 is 10.1 Å². The second-order valence-corrected chi connectivity index (χ2v) is 5.49. The van der Waals surface area contributed by atoms with Crippen LogP contribution in [0.4, 0.5) is 5.69 Å². The van der Waals surface area contributed by atoms with Gasteiger partial charge in [-0.05, 0) is 59.1 Å². The van der Waals surface area contributed by atoms with E-state index in [9.17, 15) is 0 Å². The minimum absolute atomic E-state index is 0.824. The number of anilines is 1. The van der Waals surface area contributed by atoms with E-state index < -0.39 is 0 Å². The SMILES string of the molecule is COc1ccc(NCc2ccc(C)cc2C)cc1Br. The maximum Gasteiger partial charge on any atom is 0.133 e. The highest BCUT2D eigenvalue weighted by Crippen LogP contribution is 2.28. The average molecular weight is 320 g/mol.